The fraction of sp³-hybridized carbons (Fsp3) is 0.615. The van der Waals surface area contributed by atoms with Crippen molar-refractivity contribution in [2.24, 2.45) is 5.92 Å². The number of carbonyl (C=O) groups excluding carboxylic acids is 2. The number of hydrogen-bond donors (Lipinski definition) is 1. The van der Waals surface area contributed by atoms with Crippen LogP contribution in [0.25, 0.3) is 0 Å². The number of imidazole rings is 1. The minimum atomic E-state index is -0.180. The first-order valence-corrected chi connectivity index (χ1v) is 6.72. The van der Waals surface area contributed by atoms with Gasteiger partial charge < -0.3 is 14.8 Å². The largest absolute Gasteiger partial charge is 0.356 e. The van der Waals surface area contributed by atoms with Crippen LogP contribution >= 0.6 is 0 Å². The van der Waals surface area contributed by atoms with E-state index in [1.807, 2.05) is 17.7 Å². The van der Waals surface area contributed by atoms with Crippen LogP contribution in [0.1, 0.15) is 19.8 Å². The average Bonchev–Trinajstić information content (AvgIpc) is 3.03. The monoisotopic (exact) mass is 264 g/mol. The summed E-state index contributed by atoms with van der Waals surface area (Å²) in [5.41, 5.74) is 0. The van der Waals surface area contributed by atoms with Gasteiger partial charge in [0.2, 0.25) is 11.8 Å². The Kier molecular flexibility index (Phi) is 4.54. The molecule has 0 radical (unpaired) electrons. The average molecular weight is 264 g/mol. The lowest BCUT2D eigenvalue weighted by Crippen LogP contribution is -2.33. The van der Waals surface area contributed by atoms with Gasteiger partial charge in [0.05, 0.1) is 12.2 Å². The summed E-state index contributed by atoms with van der Waals surface area (Å²) in [7, 11) is 0. The van der Waals surface area contributed by atoms with E-state index in [1.165, 1.54) is 0 Å². The Labute approximate surface area is 112 Å². The summed E-state index contributed by atoms with van der Waals surface area (Å²) in [5.74, 6) is -0.100. The lowest BCUT2D eigenvalue weighted by atomic mass is 10.1. The van der Waals surface area contributed by atoms with Crippen LogP contribution in [0.15, 0.2) is 18.7 Å². The van der Waals surface area contributed by atoms with Crippen LogP contribution in [-0.2, 0) is 16.1 Å². The molecule has 0 bridgehead atoms. The van der Waals surface area contributed by atoms with E-state index in [0.29, 0.717) is 26.1 Å². The van der Waals surface area contributed by atoms with Gasteiger partial charge in [-0.15, -0.1) is 0 Å². The molecule has 1 aliphatic rings. The molecule has 2 rings (SSSR count). The lowest BCUT2D eigenvalue weighted by Gasteiger charge is -2.13. The van der Waals surface area contributed by atoms with Crippen LogP contribution in [-0.4, -0.2) is 45.9 Å². The third kappa shape index (κ3) is 3.56. The molecule has 1 atom stereocenters. The zero-order valence-corrected chi connectivity index (χ0v) is 11.2. The third-order valence-electron chi connectivity index (χ3n) is 3.42. The number of hydrogen-bond acceptors (Lipinski definition) is 3. The summed E-state index contributed by atoms with van der Waals surface area (Å²) < 4.78 is 1.98. The number of aryl methyl sites for hydroxylation is 1. The molecule has 1 aromatic rings. The quantitative estimate of drug-likeness (QED) is 0.749. The van der Waals surface area contributed by atoms with Crippen LogP contribution in [0.2, 0.25) is 0 Å². The normalized spacial score (nSPS) is 18.9. The van der Waals surface area contributed by atoms with Crippen molar-refractivity contribution in [3.8, 4) is 0 Å². The number of amides is 2. The molecule has 1 N–H and O–H groups in total. The van der Waals surface area contributed by atoms with E-state index in [2.05, 4.69) is 10.3 Å². The van der Waals surface area contributed by atoms with Crippen LogP contribution in [0, 0.1) is 5.92 Å². The SMILES string of the molecule is CCN1C[C@@H](C(=O)NCCCn2ccnc2)CC1=O. The van der Waals surface area contributed by atoms with Gasteiger partial charge in [-0.1, -0.05) is 0 Å². The Bertz CT molecular complexity index is 430. The Morgan fingerprint density at radius 3 is 3.05 bits per heavy atom. The molecule has 0 aliphatic carbocycles. The van der Waals surface area contributed by atoms with E-state index in [1.54, 1.807) is 17.4 Å². The molecule has 0 unspecified atom stereocenters. The summed E-state index contributed by atoms with van der Waals surface area (Å²) in [5, 5.41) is 2.90. The molecule has 0 saturated carbocycles. The minimum Gasteiger partial charge on any atom is -0.356 e. The van der Waals surface area contributed by atoms with Gasteiger partial charge in [0.15, 0.2) is 0 Å². The molecule has 0 aromatic carbocycles. The first-order valence-electron chi connectivity index (χ1n) is 6.72. The van der Waals surface area contributed by atoms with Crippen LogP contribution in [0.4, 0.5) is 0 Å². The minimum absolute atomic E-state index is 0.00469. The summed E-state index contributed by atoms with van der Waals surface area (Å²) >= 11 is 0. The van der Waals surface area contributed by atoms with Gasteiger partial charge in [-0.05, 0) is 13.3 Å². The van der Waals surface area contributed by atoms with Gasteiger partial charge in [0, 0.05) is 45.0 Å². The lowest BCUT2D eigenvalue weighted by molar-refractivity contribution is -0.128. The molecule has 104 valence electrons. The molecule has 6 heteroatoms. The van der Waals surface area contributed by atoms with E-state index in [0.717, 1.165) is 13.0 Å². The van der Waals surface area contributed by atoms with E-state index < -0.39 is 0 Å². The fourth-order valence-electron chi connectivity index (χ4n) is 2.29. The van der Waals surface area contributed by atoms with Crippen molar-refractivity contribution in [3.05, 3.63) is 18.7 Å². The number of aromatic nitrogens is 2. The maximum absolute atomic E-state index is 11.9. The van der Waals surface area contributed by atoms with Crippen molar-refractivity contribution in [1.82, 2.24) is 19.8 Å². The maximum atomic E-state index is 11.9. The van der Waals surface area contributed by atoms with Gasteiger partial charge in [0.25, 0.3) is 0 Å². The molecule has 6 nitrogen and oxygen atoms in total. The number of nitrogens with one attached hydrogen (secondary N) is 1. The standard InChI is InChI=1S/C13H20N4O2/c1-2-17-9-11(8-12(17)18)13(19)15-4-3-6-16-7-5-14-10-16/h5,7,10-11H,2-4,6,8-9H2,1H3,(H,15,19)/t11-/m0/s1. The highest BCUT2D eigenvalue weighted by atomic mass is 16.2. The molecule has 1 aromatic heterocycles. The Balaban J connectivity index is 1.66. The van der Waals surface area contributed by atoms with Crippen molar-refractivity contribution in [2.75, 3.05) is 19.6 Å². The highest BCUT2D eigenvalue weighted by Crippen LogP contribution is 2.17. The number of likely N-dealkylation sites (tertiary alicyclic amines) is 1. The zero-order chi connectivity index (χ0) is 13.7. The van der Waals surface area contributed by atoms with Crippen LogP contribution < -0.4 is 5.32 Å². The molecule has 2 heterocycles. The van der Waals surface area contributed by atoms with Gasteiger partial charge in [-0.3, -0.25) is 9.59 Å². The second-order valence-corrected chi connectivity index (χ2v) is 4.78. The predicted octanol–water partition coefficient (Wildman–Crippen LogP) is 0.258. The molecular weight excluding hydrogens is 244 g/mol. The van der Waals surface area contributed by atoms with Crippen LogP contribution in [0.5, 0.6) is 0 Å². The third-order valence-corrected chi connectivity index (χ3v) is 3.42. The van der Waals surface area contributed by atoms with Crippen molar-refractivity contribution >= 4 is 11.8 Å². The second kappa shape index (κ2) is 6.36. The van der Waals surface area contributed by atoms with Gasteiger partial charge in [0.1, 0.15) is 0 Å². The second-order valence-electron chi connectivity index (χ2n) is 4.78. The smallest absolute Gasteiger partial charge is 0.225 e. The summed E-state index contributed by atoms with van der Waals surface area (Å²) in [6.07, 6.45) is 6.61. The Morgan fingerprint density at radius 2 is 2.42 bits per heavy atom. The number of carbonyl (C=O) groups is 2. The van der Waals surface area contributed by atoms with Crippen molar-refractivity contribution < 1.29 is 9.59 Å². The zero-order valence-electron chi connectivity index (χ0n) is 11.2. The summed E-state index contributed by atoms with van der Waals surface area (Å²) in [4.78, 5) is 29.1. The summed E-state index contributed by atoms with van der Waals surface area (Å²) in [6.45, 7) is 4.65. The highest BCUT2D eigenvalue weighted by Gasteiger charge is 2.32. The molecule has 2 amide bonds. The molecule has 1 aliphatic heterocycles. The number of rotatable bonds is 6. The maximum Gasteiger partial charge on any atom is 0.225 e. The van der Waals surface area contributed by atoms with Crippen molar-refractivity contribution in [1.29, 1.82) is 0 Å². The first-order chi connectivity index (χ1) is 9.20. The van der Waals surface area contributed by atoms with Gasteiger partial charge in [-0.25, -0.2) is 4.98 Å². The molecular formula is C13H20N4O2. The first kappa shape index (κ1) is 13.6. The topological polar surface area (TPSA) is 67.2 Å². The van der Waals surface area contributed by atoms with Gasteiger partial charge in [-0.2, -0.15) is 0 Å². The molecule has 1 saturated heterocycles. The number of nitrogens with zero attached hydrogens (tertiary/aromatic N) is 3. The Morgan fingerprint density at radius 1 is 1.58 bits per heavy atom. The molecule has 0 spiro atoms. The Hall–Kier alpha value is -1.85. The van der Waals surface area contributed by atoms with E-state index in [9.17, 15) is 9.59 Å². The van der Waals surface area contributed by atoms with Gasteiger partial charge >= 0.3 is 0 Å². The van der Waals surface area contributed by atoms with Crippen LogP contribution in [0.3, 0.4) is 0 Å². The van der Waals surface area contributed by atoms with E-state index >= 15 is 0 Å². The van der Waals surface area contributed by atoms with Crippen molar-refractivity contribution in [2.45, 2.75) is 26.3 Å². The molecule has 19 heavy (non-hydrogen) atoms. The fourth-order valence-corrected chi connectivity index (χ4v) is 2.29. The summed E-state index contributed by atoms with van der Waals surface area (Å²) in [6, 6.07) is 0. The van der Waals surface area contributed by atoms with E-state index in [4.69, 9.17) is 0 Å². The van der Waals surface area contributed by atoms with Crippen molar-refractivity contribution in [3.63, 3.8) is 0 Å². The highest BCUT2D eigenvalue weighted by molar-refractivity contribution is 5.89. The predicted molar refractivity (Wildman–Crippen MR) is 70.2 cm³/mol. The molecule has 1 fully saturated rings. The van der Waals surface area contributed by atoms with E-state index in [-0.39, 0.29) is 17.7 Å².